The Hall–Kier alpha value is -2.82. The van der Waals surface area contributed by atoms with E-state index in [2.05, 4.69) is 5.32 Å². The van der Waals surface area contributed by atoms with Gasteiger partial charge in [0.05, 0.1) is 5.92 Å². The fourth-order valence-corrected chi connectivity index (χ4v) is 4.07. The van der Waals surface area contributed by atoms with Gasteiger partial charge in [-0.05, 0) is 49.4 Å². The van der Waals surface area contributed by atoms with Crippen molar-refractivity contribution < 1.29 is 19.1 Å². The van der Waals surface area contributed by atoms with E-state index in [0.29, 0.717) is 12.1 Å². The molecule has 2 aliphatic rings. The Balaban J connectivity index is 1.55. The molecule has 1 aromatic carbocycles. The maximum atomic E-state index is 12.7. The highest BCUT2D eigenvalue weighted by Gasteiger charge is 2.48. The lowest BCUT2D eigenvalue weighted by molar-refractivity contribution is -0.313. The summed E-state index contributed by atoms with van der Waals surface area (Å²) >= 11 is 0. The number of hydrogen-bond acceptors (Lipinski definition) is 4. The zero-order chi connectivity index (χ0) is 17.6. The van der Waals surface area contributed by atoms with Crippen LogP contribution in [0.4, 0.5) is 5.69 Å². The first-order valence-electron chi connectivity index (χ1n) is 8.40. The standard InChI is InChI=1S/C20H19NO4/c1-11-5-8-16(25-11)12-3-2-4-15(10-12)21-19(22)17-13-6-7-14(9-13)18(17)20(23)24/h2-8,10,13-14,17-18H,9H2,1H3,(H,21,22)(H,23,24)/p-1/t13-,14-,17+,18-/m0/s1. The molecule has 1 heterocycles. The second-order valence-corrected chi connectivity index (χ2v) is 6.80. The molecule has 0 unspecified atom stereocenters. The van der Waals surface area contributed by atoms with Crippen LogP contribution in [0.1, 0.15) is 12.2 Å². The van der Waals surface area contributed by atoms with Crippen LogP contribution in [0.3, 0.4) is 0 Å². The highest BCUT2D eigenvalue weighted by atomic mass is 16.4. The zero-order valence-corrected chi connectivity index (χ0v) is 13.8. The third-order valence-corrected chi connectivity index (χ3v) is 5.19. The van der Waals surface area contributed by atoms with Gasteiger partial charge >= 0.3 is 0 Å². The maximum absolute atomic E-state index is 12.7. The first-order chi connectivity index (χ1) is 12.0. The minimum absolute atomic E-state index is 0.0243. The number of nitrogens with one attached hydrogen (secondary N) is 1. The van der Waals surface area contributed by atoms with Crippen molar-refractivity contribution in [3.63, 3.8) is 0 Å². The summed E-state index contributed by atoms with van der Waals surface area (Å²) in [7, 11) is 0. The summed E-state index contributed by atoms with van der Waals surface area (Å²) in [6, 6.07) is 11.1. The van der Waals surface area contributed by atoms with Crippen LogP contribution >= 0.6 is 0 Å². The largest absolute Gasteiger partial charge is 0.550 e. The van der Waals surface area contributed by atoms with E-state index in [-0.39, 0.29) is 17.7 Å². The number of furan rings is 1. The number of rotatable bonds is 4. The third kappa shape index (κ3) is 2.76. The number of aliphatic carboxylic acids is 1. The van der Waals surface area contributed by atoms with Crippen LogP contribution in [0.25, 0.3) is 11.3 Å². The number of carbonyl (C=O) groups excluding carboxylic acids is 2. The van der Waals surface area contributed by atoms with Crippen LogP contribution in [0.2, 0.25) is 0 Å². The summed E-state index contributed by atoms with van der Waals surface area (Å²) in [6.45, 7) is 1.87. The number of aryl methyl sites for hydroxylation is 1. The Kier molecular flexibility index (Phi) is 3.71. The van der Waals surface area contributed by atoms with Gasteiger partial charge in [0.2, 0.25) is 5.91 Å². The lowest BCUT2D eigenvalue weighted by atomic mass is 9.82. The van der Waals surface area contributed by atoms with Gasteiger partial charge in [0.15, 0.2) is 0 Å². The Morgan fingerprint density at radius 1 is 1.12 bits per heavy atom. The SMILES string of the molecule is Cc1ccc(-c2cccc(NC(=O)[C@H]3[C@@H](C(=O)[O-])[C@H]4C=C[C@H]3C4)c2)o1. The second-order valence-electron chi connectivity index (χ2n) is 6.80. The van der Waals surface area contributed by atoms with Gasteiger partial charge in [-0.1, -0.05) is 24.3 Å². The van der Waals surface area contributed by atoms with E-state index < -0.39 is 17.8 Å². The van der Waals surface area contributed by atoms with Crippen molar-refractivity contribution in [1.82, 2.24) is 0 Å². The smallest absolute Gasteiger partial charge is 0.228 e. The number of fused-ring (bicyclic) bond motifs is 2. The summed E-state index contributed by atoms with van der Waals surface area (Å²) < 4.78 is 5.61. The quantitative estimate of drug-likeness (QED) is 0.869. The molecule has 1 N–H and O–H groups in total. The van der Waals surface area contributed by atoms with E-state index in [9.17, 15) is 14.7 Å². The van der Waals surface area contributed by atoms with Gasteiger partial charge in [-0.3, -0.25) is 4.79 Å². The summed E-state index contributed by atoms with van der Waals surface area (Å²) in [4.78, 5) is 24.2. The topological polar surface area (TPSA) is 82.4 Å². The normalized spacial score (nSPS) is 26.8. The van der Waals surface area contributed by atoms with E-state index in [0.717, 1.165) is 17.1 Å². The van der Waals surface area contributed by atoms with Crippen LogP contribution in [0.5, 0.6) is 0 Å². The predicted octanol–water partition coefficient (Wildman–Crippen LogP) is 2.38. The zero-order valence-electron chi connectivity index (χ0n) is 13.8. The summed E-state index contributed by atoms with van der Waals surface area (Å²) in [5, 5.41) is 14.3. The minimum Gasteiger partial charge on any atom is -0.550 e. The summed E-state index contributed by atoms with van der Waals surface area (Å²) in [6.07, 6.45) is 4.56. The number of amides is 1. The molecule has 5 heteroatoms. The molecule has 4 rings (SSSR count). The third-order valence-electron chi connectivity index (χ3n) is 5.19. The molecule has 1 saturated carbocycles. The molecule has 4 atom stereocenters. The van der Waals surface area contributed by atoms with Crippen molar-refractivity contribution in [3.05, 3.63) is 54.3 Å². The first kappa shape index (κ1) is 15.7. The summed E-state index contributed by atoms with van der Waals surface area (Å²) in [5.74, 6) is -1.30. The lowest BCUT2D eigenvalue weighted by Crippen LogP contribution is -2.42. The van der Waals surface area contributed by atoms with E-state index in [1.165, 1.54) is 0 Å². The number of hydrogen-bond donors (Lipinski definition) is 1. The van der Waals surface area contributed by atoms with Gasteiger partial charge in [-0.15, -0.1) is 0 Å². The predicted molar refractivity (Wildman–Crippen MR) is 90.2 cm³/mol. The fourth-order valence-electron chi connectivity index (χ4n) is 4.07. The van der Waals surface area contributed by atoms with Crippen LogP contribution in [-0.4, -0.2) is 11.9 Å². The molecule has 2 aliphatic carbocycles. The molecule has 0 radical (unpaired) electrons. The second kappa shape index (κ2) is 5.92. The Labute approximate surface area is 145 Å². The van der Waals surface area contributed by atoms with Crippen molar-refractivity contribution in [2.75, 3.05) is 5.32 Å². The Bertz CT molecular complexity index is 866. The maximum Gasteiger partial charge on any atom is 0.228 e. The number of benzene rings is 1. The molecule has 0 saturated heterocycles. The van der Waals surface area contributed by atoms with Crippen LogP contribution in [0, 0.1) is 30.6 Å². The van der Waals surface area contributed by atoms with Crippen molar-refractivity contribution >= 4 is 17.6 Å². The highest BCUT2D eigenvalue weighted by Crippen LogP contribution is 2.48. The summed E-state index contributed by atoms with van der Waals surface area (Å²) in [5.41, 5.74) is 1.48. The van der Waals surface area contributed by atoms with Crippen molar-refractivity contribution in [2.24, 2.45) is 23.7 Å². The molecule has 2 bridgehead atoms. The molecule has 0 spiro atoms. The van der Waals surface area contributed by atoms with Gasteiger partial charge in [0, 0.05) is 23.1 Å². The molecule has 0 aliphatic heterocycles. The van der Waals surface area contributed by atoms with Gasteiger partial charge < -0.3 is 19.6 Å². The lowest BCUT2D eigenvalue weighted by Gasteiger charge is -2.27. The van der Waals surface area contributed by atoms with Crippen molar-refractivity contribution in [1.29, 1.82) is 0 Å². The average Bonchev–Trinajstić information content (AvgIpc) is 3.30. The monoisotopic (exact) mass is 336 g/mol. The van der Waals surface area contributed by atoms with E-state index in [4.69, 9.17) is 4.42 Å². The van der Waals surface area contributed by atoms with Crippen LogP contribution in [-0.2, 0) is 9.59 Å². The van der Waals surface area contributed by atoms with E-state index >= 15 is 0 Å². The number of carbonyl (C=O) groups is 2. The molecule has 25 heavy (non-hydrogen) atoms. The molecule has 1 amide bonds. The number of allylic oxidation sites excluding steroid dienone is 2. The van der Waals surface area contributed by atoms with Gasteiger partial charge in [-0.25, -0.2) is 0 Å². The van der Waals surface area contributed by atoms with Crippen LogP contribution < -0.4 is 10.4 Å². The van der Waals surface area contributed by atoms with E-state index in [1.54, 1.807) is 6.07 Å². The molecule has 2 aromatic rings. The number of carboxylic acid groups (broad SMARTS) is 1. The molecule has 1 aromatic heterocycles. The molecule has 128 valence electrons. The van der Waals surface area contributed by atoms with Crippen LogP contribution in [0.15, 0.2) is 53.0 Å². The Morgan fingerprint density at radius 3 is 2.56 bits per heavy atom. The first-order valence-corrected chi connectivity index (χ1v) is 8.40. The number of anilines is 1. The molecular formula is C20H18NO4-. The van der Waals surface area contributed by atoms with Gasteiger partial charge in [-0.2, -0.15) is 0 Å². The Morgan fingerprint density at radius 2 is 1.88 bits per heavy atom. The van der Waals surface area contributed by atoms with Gasteiger partial charge in [0.25, 0.3) is 0 Å². The van der Waals surface area contributed by atoms with E-state index in [1.807, 2.05) is 49.4 Å². The minimum atomic E-state index is -1.14. The highest BCUT2D eigenvalue weighted by molar-refractivity contribution is 5.96. The molecule has 5 nitrogen and oxygen atoms in total. The van der Waals surface area contributed by atoms with Crippen molar-refractivity contribution in [3.8, 4) is 11.3 Å². The average molecular weight is 336 g/mol. The van der Waals surface area contributed by atoms with Gasteiger partial charge in [0.1, 0.15) is 11.5 Å². The fraction of sp³-hybridized carbons (Fsp3) is 0.300. The molecular weight excluding hydrogens is 318 g/mol. The number of carboxylic acids is 1. The van der Waals surface area contributed by atoms with Crippen molar-refractivity contribution in [2.45, 2.75) is 13.3 Å². The molecule has 1 fully saturated rings.